The van der Waals surface area contributed by atoms with E-state index in [2.05, 4.69) is 16.4 Å². The van der Waals surface area contributed by atoms with Crippen molar-refractivity contribution < 1.29 is 5.21 Å². The number of nitrogens with two attached hydrogens (primary N) is 1. The Hall–Kier alpha value is -1.99. The molecule has 0 fully saturated rings. The number of nitrogens with one attached hydrogen (secondary N) is 1. The van der Waals surface area contributed by atoms with Crippen LogP contribution in [-0.2, 0) is 6.54 Å². The molecule has 4 N–H and O–H groups in total. The minimum Gasteiger partial charge on any atom is -0.409 e. The molecule has 1 rings (SSSR count). The van der Waals surface area contributed by atoms with Crippen molar-refractivity contribution in [3.8, 4) is 12.3 Å². The molecule has 1 aromatic rings. The van der Waals surface area contributed by atoms with Gasteiger partial charge in [0, 0.05) is 12.1 Å². The SMILES string of the molecule is C#CC(C)NCc1ccc(/C(N)=N/O)cc1C. The van der Waals surface area contributed by atoms with Gasteiger partial charge in [0.15, 0.2) is 5.84 Å². The molecule has 0 aliphatic heterocycles. The van der Waals surface area contributed by atoms with Crippen LogP contribution >= 0.6 is 0 Å². The Bertz CT molecular complexity index is 460. The van der Waals surface area contributed by atoms with Gasteiger partial charge in [-0.15, -0.1) is 6.42 Å². The van der Waals surface area contributed by atoms with Crippen molar-refractivity contribution >= 4 is 5.84 Å². The van der Waals surface area contributed by atoms with Gasteiger partial charge < -0.3 is 10.9 Å². The highest BCUT2D eigenvalue weighted by atomic mass is 16.4. The molecule has 1 unspecified atom stereocenters. The van der Waals surface area contributed by atoms with Crippen LogP contribution in [0.3, 0.4) is 0 Å². The number of rotatable bonds is 4. The van der Waals surface area contributed by atoms with Crippen LogP contribution in [-0.4, -0.2) is 17.1 Å². The quantitative estimate of drug-likeness (QED) is 0.240. The summed E-state index contributed by atoms with van der Waals surface area (Å²) in [6.07, 6.45) is 5.28. The van der Waals surface area contributed by atoms with Crippen molar-refractivity contribution in [1.29, 1.82) is 0 Å². The lowest BCUT2D eigenvalue weighted by Crippen LogP contribution is -2.24. The van der Waals surface area contributed by atoms with E-state index in [1.807, 2.05) is 32.0 Å². The highest BCUT2D eigenvalue weighted by molar-refractivity contribution is 5.97. The van der Waals surface area contributed by atoms with Crippen LogP contribution in [0.15, 0.2) is 23.4 Å². The topological polar surface area (TPSA) is 70.6 Å². The number of oxime groups is 1. The zero-order valence-corrected chi connectivity index (χ0v) is 10.1. The molecule has 0 aliphatic rings. The summed E-state index contributed by atoms with van der Waals surface area (Å²) < 4.78 is 0. The lowest BCUT2D eigenvalue weighted by atomic mass is 10.0. The Morgan fingerprint density at radius 2 is 2.35 bits per heavy atom. The number of nitrogens with zero attached hydrogens (tertiary/aromatic N) is 1. The second-order valence-corrected chi connectivity index (χ2v) is 3.90. The third-order valence-electron chi connectivity index (χ3n) is 2.59. The average Bonchev–Trinajstić information content (AvgIpc) is 2.35. The highest BCUT2D eigenvalue weighted by Gasteiger charge is 2.04. The maximum atomic E-state index is 8.58. The van der Waals surface area contributed by atoms with E-state index in [0.29, 0.717) is 12.1 Å². The minimum absolute atomic E-state index is 0.0400. The first-order valence-corrected chi connectivity index (χ1v) is 5.35. The molecular formula is C13H17N3O. The van der Waals surface area contributed by atoms with Gasteiger partial charge in [0.25, 0.3) is 0 Å². The first-order valence-electron chi connectivity index (χ1n) is 5.35. The van der Waals surface area contributed by atoms with E-state index >= 15 is 0 Å². The molecule has 1 aromatic carbocycles. The van der Waals surface area contributed by atoms with E-state index in [1.54, 1.807) is 0 Å². The van der Waals surface area contributed by atoms with E-state index in [1.165, 1.54) is 0 Å². The Balaban J connectivity index is 2.81. The lowest BCUT2D eigenvalue weighted by Gasteiger charge is -2.11. The summed E-state index contributed by atoms with van der Waals surface area (Å²) in [7, 11) is 0. The van der Waals surface area contributed by atoms with Gasteiger partial charge in [-0.25, -0.2) is 0 Å². The van der Waals surface area contributed by atoms with Crippen molar-refractivity contribution in [3.05, 3.63) is 34.9 Å². The normalized spacial score (nSPS) is 13.1. The Labute approximate surface area is 102 Å². The van der Waals surface area contributed by atoms with Crippen LogP contribution in [0.1, 0.15) is 23.6 Å². The predicted molar refractivity (Wildman–Crippen MR) is 68.8 cm³/mol. The predicted octanol–water partition coefficient (Wildman–Crippen LogP) is 1.20. The molecule has 0 saturated carbocycles. The minimum atomic E-state index is 0.0400. The highest BCUT2D eigenvalue weighted by Crippen LogP contribution is 2.11. The fourth-order valence-electron chi connectivity index (χ4n) is 1.43. The second-order valence-electron chi connectivity index (χ2n) is 3.90. The van der Waals surface area contributed by atoms with Crippen LogP contribution in [0.5, 0.6) is 0 Å². The van der Waals surface area contributed by atoms with Gasteiger partial charge in [0.1, 0.15) is 0 Å². The molecule has 0 spiro atoms. The van der Waals surface area contributed by atoms with Gasteiger partial charge >= 0.3 is 0 Å². The first kappa shape index (κ1) is 13.1. The third-order valence-corrected chi connectivity index (χ3v) is 2.59. The largest absolute Gasteiger partial charge is 0.409 e. The van der Waals surface area contributed by atoms with Crippen LogP contribution in [0, 0.1) is 19.3 Å². The lowest BCUT2D eigenvalue weighted by molar-refractivity contribution is 0.318. The third kappa shape index (κ3) is 3.51. The summed E-state index contributed by atoms with van der Waals surface area (Å²) in [5.41, 5.74) is 8.44. The first-order chi connectivity index (χ1) is 8.08. The Morgan fingerprint density at radius 1 is 1.65 bits per heavy atom. The number of benzene rings is 1. The maximum Gasteiger partial charge on any atom is 0.170 e. The summed E-state index contributed by atoms with van der Waals surface area (Å²) in [5, 5.41) is 14.8. The molecule has 4 heteroatoms. The number of hydrogen-bond donors (Lipinski definition) is 3. The number of aryl methyl sites for hydroxylation is 1. The summed E-state index contributed by atoms with van der Waals surface area (Å²) in [5.74, 6) is 2.73. The van der Waals surface area contributed by atoms with Crippen molar-refractivity contribution in [3.63, 3.8) is 0 Å². The summed E-state index contributed by atoms with van der Waals surface area (Å²) in [4.78, 5) is 0. The van der Waals surface area contributed by atoms with Gasteiger partial charge in [-0.3, -0.25) is 5.32 Å². The number of hydrogen-bond acceptors (Lipinski definition) is 3. The molecule has 0 heterocycles. The fraction of sp³-hybridized carbons (Fsp3) is 0.308. The zero-order chi connectivity index (χ0) is 12.8. The average molecular weight is 231 g/mol. The molecule has 17 heavy (non-hydrogen) atoms. The standard InChI is InChI=1S/C13H17N3O/c1-4-10(3)15-8-12-6-5-11(7-9(12)2)13(14)16-17/h1,5-7,10,15,17H,8H2,2-3H3,(H2,14,16). The van der Waals surface area contributed by atoms with Crippen LogP contribution in [0.4, 0.5) is 0 Å². The van der Waals surface area contributed by atoms with Crippen molar-refractivity contribution in [2.75, 3.05) is 0 Å². The van der Waals surface area contributed by atoms with Gasteiger partial charge in [0.05, 0.1) is 6.04 Å². The molecule has 0 radical (unpaired) electrons. The number of terminal acetylenes is 1. The van der Waals surface area contributed by atoms with Crippen molar-refractivity contribution in [2.45, 2.75) is 26.4 Å². The van der Waals surface area contributed by atoms with Crippen LogP contribution in [0.25, 0.3) is 0 Å². The molecule has 0 saturated heterocycles. The molecule has 0 bridgehead atoms. The van der Waals surface area contributed by atoms with E-state index in [4.69, 9.17) is 17.4 Å². The van der Waals surface area contributed by atoms with Gasteiger partial charge in [-0.05, 0) is 31.0 Å². The molecule has 0 amide bonds. The molecule has 90 valence electrons. The molecular weight excluding hydrogens is 214 g/mol. The molecule has 4 nitrogen and oxygen atoms in total. The fourth-order valence-corrected chi connectivity index (χ4v) is 1.43. The smallest absolute Gasteiger partial charge is 0.170 e. The number of amidine groups is 1. The Morgan fingerprint density at radius 3 is 2.88 bits per heavy atom. The van der Waals surface area contributed by atoms with Crippen molar-refractivity contribution in [2.24, 2.45) is 10.9 Å². The molecule has 0 aliphatic carbocycles. The zero-order valence-electron chi connectivity index (χ0n) is 10.1. The van der Waals surface area contributed by atoms with E-state index in [-0.39, 0.29) is 11.9 Å². The summed E-state index contributed by atoms with van der Waals surface area (Å²) >= 11 is 0. The monoisotopic (exact) mass is 231 g/mol. The molecule has 0 aromatic heterocycles. The summed E-state index contributed by atoms with van der Waals surface area (Å²) in [6, 6.07) is 5.68. The van der Waals surface area contributed by atoms with E-state index in [9.17, 15) is 0 Å². The van der Waals surface area contributed by atoms with Gasteiger partial charge in [-0.1, -0.05) is 23.2 Å². The van der Waals surface area contributed by atoms with Crippen LogP contribution < -0.4 is 11.1 Å². The van der Waals surface area contributed by atoms with Crippen LogP contribution in [0.2, 0.25) is 0 Å². The van der Waals surface area contributed by atoms with Gasteiger partial charge in [-0.2, -0.15) is 0 Å². The second kappa shape index (κ2) is 5.92. The Kier molecular flexibility index (Phi) is 4.56. The molecule has 1 atom stereocenters. The van der Waals surface area contributed by atoms with Crippen molar-refractivity contribution in [1.82, 2.24) is 5.32 Å². The summed E-state index contributed by atoms with van der Waals surface area (Å²) in [6.45, 7) is 4.61. The van der Waals surface area contributed by atoms with Gasteiger partial charge in [0.2, 0.25) is 0 Å². The van der Waals surface area contributed by atoms with E-state index in [0.717, 1.165) is 11.1 Å². The maximum absolute atomic E-state index is 8.58. The van der Waals surface area contributed by atoms with E-state index < -0.39 is 0 Å².